The Balaban J connectivity index is 2.98. The summed E-state index contributed by atoms with van der Waals surface area (Å²) in [5, 5.41) is 0. The van der Waals surface area contributed by atoms with Gasteiger partial charge in [0.2, 0.25) is 0 Å². The highest BCUT2D eigenvalue weighted by Gasteiger charge is 1.94. The number of rotatable bonds is 5. The minimum Gasteiger partial charge on any atom is -0.260 e. The van der Waals surface area contributed by atoms with Gasteiger partial charge in [-0.25, -0.2) is 0 Å². The summed E-state index contributed by atoms with van der Waals surface area (Å²) in [6.45, 7) is 4.45. The van der Waals surface area contributed by atoms with Crippen molar-refractivity contribution in [3.8, 4) is 0 Å². The molecule has 2 heteroatoms. The van der Waals surface area contributed by atoms with Crippen LogP contribution in [0.2, 0.25) is 0 Å². The van der Waals surface area contributed by atoms with Gasteiger partial charge >= 0.3 is 0 Å². The van der Waals surface area contributed by atoms with Crippen LogP contribution in [0.3, 0.4) is 0 Å². The van der Waals surface area contributed by atoms with E-state index < -0.39 is 10.8 Å². The predicted octanol–water partition coefficient (Wildman–Crippen LogP) is 2.19. The first-order valence-corrected chi connectivity index (χ1v) is 5.65. The van der Waals surface area contributed by atoms with E-state index in [1.54, 1.807) is 6.26 Å². The number of hydrogen-bond donors (Lipinski definition) is 0. The van der Waals surface area contributed by atoms with E-state index in [1.807, 2.05) is 0 Å². The van der Waals surface area contributed by atoms with Gasteiger partial charge in [0.15, 0.2) is 0 Å². The van der Waals surface area contributed by atoms with Crippen LogP contribution in [0.4, 0.5) is 0 Å². The van der Waals surface area contributed by atoms with Crippen LogP contribution >= 0.6 is 0 Å². The van der Waals surface area contributed by atoms with Gasteiger partial charge in [-0.05, 0) is 12.3 Å². The van der Waals surface area contributed by atoms with E-state index in [-0.39, 0.29) is 0 Å². The van der Waals surface area contributed by atoms with Gasteiger partial charge in [-0.3, -0.25) is 4.21 Å². The molecule has 0 saturated heterocycles. The molecule has 0 heterocycles. The van der Waals surface area contributed by atoms with Gasteiger partial charge in [0, 0.05) is 22.8 Å². The highest BCUT2D eigenvalue weighted by molar-refractivity contribution is 7.84. The van der Waals surface area contributed by atoms with Gasteiger partial charge < -0.3 is 0 Å². The van der Waals surface area contributed by atoms with E-state index in [2.05, 4.69) is 13.8 Å². The Labute approximate surface area is 66.7 Å². The lowest BCUT2D eigenvalue weighted by Crippen LogP contribution is -1.95. The van der Waals surface area contributed by atoms with E-state index in [9.17, 15) is 4.21 Å². The molecular weight excluding hydrogens is 144 g/mol. The molecule has 10 heavy (non-hydrogen) atoms. The second kappa shape index (κ2) is 5.90. The largest absolute Gasteiger partial charge is 0.260 e. The summed E-state index contributed by atoms with van der Waals surface area (Å²) in [5.74, 6) is 1.68. The van der Waals surface area contributed by atoms with Gasteiger partial charge in [-0.1, -0.05) is 26.7 Å². The highest BCUT2D eigenvalue weighted by atomic mass is 32.2. The van der Waals surface area contributed by atoms with Gasteiger partial charge in [0.1, 0.15) is 0 Å². The molecule has 0 spiro atoms. The molecule has 0 aliphatic carbocycles. The molecule has 0 aliphatic rings. The molecule has 0 aromatic heterocycles. The molecule has 1 atom stereocenters. The van der Waals surface area contributed by atoms with Crippen LogP contribution in [-0.2, 0) is 10.8 Å². The summed E-state index contributed by atoms with van der Waals surface area (Å²) >= 11 is 0. The summed E-state index contributed by atoms with van der Waals surface area (Å²) in [5.41, 5.74) is 0. The summed E-state index contributed by atoms with van der Waals surface area (Å²) < 4.78 is 10.6. The topological polar surface area (TPSA) is 17.1 Å². The first-order chi connectivity index (χ1) is 4.63. The van der Waals surface area contributed by atoms with Crippen molar-refractivity contribution in [2.24, 2.45) is 5.92 Å². The van der Waals surface area contributed by atoms with Crippen LogP contribution in [0.15, 0.2) is 0 Å². The Morgan fingerprint density at radius 3 is 2.30 bits per heavy atom. The van der Waals surface area contributed by atoms with Crippen LogP contribution in [-0.4, -0.2) is 16.2 Å². The summed E-state index contributed by atoms with van der Waals surface area (Å²) in [6, 6.07) is 0. The van der Waals surface area contributed by atoms with Gasteiger partial charge in [-0.2, -0.15) is 0 Å². The highest BCUT2D eigenvalue weighted by Crippen LogP contribution is 2.05. The summed E-state index contributed by atoms with van der Waals surface area (Å²) in [7, 11) is -0.580. The van der Waals surface area contributed by atoms with Crippen molar-refractivity contribution < 1.29 is 4.21 Å². The Morgan fingerprint density at radius 1 is 1.30 bits per heavy atom. The zero-order chi connectivity index (χ0) is 7.98. The molecule has 0 rings (SSSR count). The van der Waals surface area contributed by atoms with Crippen LogP contribution in [0, 0.1) is 5.92 Å². The quantitative estimate of drug-likeness (QED) is 0.566. The van der Waals surface area contributed by atoms with E-state index >= 15 is 0 Å². The third-order valence-electron chi connectivity index (χ3n) is 1.46. The lowest BCUT2D eigenvalue weighted by Gasteiger charge is -2.01. The average molecular weight is 162 g/mol. The fraction of sp³-hybridized carbons (Fsp3) is 1.00. The molecule has 0 amide bonds. The van der Waals surface area contributed by atoms with Gasteiger partial charge in [0.25, 0.3) is 0 Å². The minimum absolute atomic E-state index is 0.580. The van der Waals surface area contributed by atoms with Crippen molar-refractivity contribution in [2.45, 2.75) is 33.1 Å². The van der Waals surface area contributed by atoms with Gasteiger partial charge in [-0.15, -0.1) is 0 Å². The zero-order valence-corrected chi connectivity index (χ0v) is 8.04. The van der Waals surface area contributed by atoms with E-state index in [1.165, 1.54) is 12.8 Å². The third kappa shape index (κ3) is 8.15. The van der Waals surface area contributed by atoms with Crippen molar-refractivity contribution in [3.05, 3.63) is 0 Å². The Kier molecular flexibility index (Phi) is 5.99. The summed E-state index contributed by atoms with van der Waals surface area (Å²) in [6.07, 6.45) is 5.41. The lowest BCUT2D eigenvalue weighted by atomic mass is 10.1. The van der Waals surface area contributed by atoms with Gasteiger partial charge in [0.05, 0.1) is 0 Å². The molecule has 0 fully saturated rings. The molecule has 62 valence electrons. The molecule has 0 bridgehead atoms. The molecule has 0 aromatic carbocycles. The van der Waals surface area contributed by atoms with E-state index in [0.29, 0.717) is 0 Å². The zero-order valence-electron chi connectivity index (χ0n) is 7.22. The average Bonchev–Trinajstić information content (AvgIpc) is 1.79. The minimum atomic E-state index is -0.580. The second-order valence-electron chi connectivity index (χ2n) is 3.17. The predicted molar refractivity (Wildman–Crippen MR) is 47.6 cm³/mol. The standard InChI is InChI=1S/C8H18OS/c1-8(2)6-4-5-7-10(3)9/h8H,4-7H2,1-3H3. The van der Waals surface area contributed by atoms with Crippen LogP contribution in [0.5, 0.6) is 0 Å². The van der Waals surface area contributed by atoms with Crippen LogP contribution < -0.4 is 0 Å². The molecular formula is C8H18OS. The Bertz CT molecular complexity index is 99.4. The van der Waals surface area contributed by atoms with Crippen molar-refractivity contribution in [1.82, 2.24) is 0 Å². The maximum absolute atomic E-state index is 10.6. The van der Waals surface area contributed by atoms with Crippen molar-refractivity contribution >= 4 is 10.8 Å². The molecule has 0 aliphatic heterocycles. The maximum atomic E-state index is 10.6. The number of hydrogen-bond acceptors (Lipinski definition) is 1. The monoisotopic (exact) mass is 162 g/mol. The fourth-order valence-electron chi connectivity index (χ4n) is 0.858. The van der Waals surface area contributed by atoms with Crippen molar-refractivity contribution in [1.29, 1.82) is 0 Å². The summed E-state index contributed by atoms with van der Waals surface area (Å²) in [4.78, 5) is 0. The number of unbranched alkanes of at least 4 members (excludes halogenated alkanes) is 1. The lowest BCUT2D eigenvalue weighted by molar-refractivity contribution is 0.550. The van der Waals surface area contributed by atoms with Crippen molar-refractivity contribution in [2.75, 3.05) is 12.0 Å². The normalized spacial score (nSPS) is 14.0. The molecule has 0 N–H and O–H groups in total. The molecule has 1 unspecified atom stereocenters. The second-order valence-corrected chi connectivity index (χ2v) is 4.72. The fourth-order valence-corrected chi connectivity index (χ4v) is 1.47. The Hall–Kier alpha value is 0.150. The van der Waals surface area contributed by atoms with E-state index in [4.69, 9.17) is 0 Å². The molecule has 0 saturated carbocycles. The first-order valence-electron chi connectivity index (χ1n) is 3.93. The molecule has 0 radical (unpaired) electrons. The van der Waals surface area contributed by atoms with Crippen LogP contribution in [0.25, 0.3) is 0 Å². The third-order valence-corrected chi connectivity index (χ3v) is 2.33. The molecule has 0 aromatic rings. The SMILES string of the molecule is CC(C)CCCCS(C)=O. The maximum Gasteiger partial charge on any atom is 0.0232 e. The van der Waals surface area contributed by atoms with Crippen LogP contribution in [0.1, 0.15) is 33.1 Å². The van der Waals surface area contributed by atoms with E-state index in [0.717, 1.165) is 18.1 Å². The smallest absolute Gasteiger partial charge is 0.0232 e. The van der Waals surface area contributed by atoms with Crippen molar-refractivity contribution in [3.63, 3.8) is 0 Å². The first kappa shape index (κ1) is 10.2. The molecule has 1 nitrogen and oxygen atoms in total. The Morgan fingerprint density at radius 2 is 1.90 bits per heavy atom.